The zero-order chi connectivity index (χ0) is 24.7. The second-order valence-electron chi connectivity index (χ2n) is 7.01. The van der Waals surface area contributed by atoms with Crippen molar-refractivity contribution in [3.63, 3.8) is 0 Å². The predicted molar refractivity (Wildman–Crippen MR) is 108 cm³/mol. The fourth-order valence-corrected chi connectivity index (χ4v) is 2.54. The van der Waals surface area contributed by atoms with E-state index >= 15 is 0 Å². The molecule has 0 aliphatic carbocycles. The molecule has 0 aromatic heterocycles. The molecule has 3 amide bonds. The number of amides is 3. The topological polar surface area (TPSA) is 245 Å². The van der Waals surface area contributed by atoms with Crippen molar-refractivity contribution in [2.75, 3.05) is 6.54 Å². The summed E-state index contributed by atoms with van der Waals surface area (Å²) >= 11 is 0. The van der Waals surface area contributed by atoms with E-state index in [1.165, 1.54) is 0 Å². The molecule has 0 fully saturated rings. The number of unbranched alkanes of at least 4 members (excludes halogenated alkanes) is 1. The summed E-state index contributed by atoms with van der Waals surface area (Å²) < 4.78 is 0. The highest BCUT2D eigenvalue weighted by molar-refractivity contribution is 5.86. The largest absolute Gasteiger partial charge is 0.481 e. The molecule has 9 N–H and O–H groups in total. The Bertz CT molecular complexity index is 685. The third-order valence-electron chi connectivity index (χ3n) is 4.33. The maximum absolute atomic E-state index is 11.9. The lowest BCUT2D eigenvalue weighted by Crippen LogP contribution is -2.51. The van der Waals surface area contributed by atoms with Gasteiger partial charge in [0.2, 0.25) is 5.91 Å². The third-order valence-corrected chi connectivity index (χ3v) is 4.33. The number of rotatable bonds is 17. The van der Waals surface area contributed by atoms with Crippen molar-refractivity contribution in [2.45, 2.75) is 69.5 Å². The number of carboxylic acid groups (broad SMARTS) is 4. The summed E-state index contributed by atoms with van der Waals surface area (Å²) in [4.78, 5) is 67.0. The number of hydrogen-bond donors (Lipinski definition) is 8. The number of carboxylic acids is 4. The molecule has 0 radical (unpaired) electrons. The number of nitrogens with one attached hydrogen (secondary N) is 3. The molecule has 14 heteroatoms. The summed E-state index contributed by atoms with van der Waals surface area (Å²) in [6.07, 6.45) is 0.465. The van der Waals surface area contributed by atoms with Crippen LogP contribution >= 0.6 is 0 Å². The highest BCUT2D eigenvalue weighted by atomic mass is 16.4. The monoisotopic (exact) mass is 462 g/mol. The molecule has 0 aromatic rings. The van der Waals surface area contributed by atoms with E-state index in [9.17, 15) is 33.9 Å². The zero-order valence-corrected chi connectivity index (χ0v) is 17.4. The SMILES string of the molecule is NC(CCCC(=O)NCCCC[C@H](NC(=O)NC(CCC(=O)O)C(=O)O)C(=O)O)C(=O)O. The van der Waals surface area contributed by atoms with E-state index < -0.39 is 54.5 Å². The number of aliphatic carboxylic acids is 4. The highest BCUT2D eigenvalue weighted by Crippen LogP contribution is 2.04. The highest BCUT2D eigenvalue weighted by Gasteiger charge is 2.24. The molecule has 0 saturated carbocycles. The molecule has 0 rings (SSSR count). The van der Waals surface area contributed by atoms with Gasteiger partial charge in [0.05, 0.1) is 0 Å². The number of urea groups is 1. The van der Waals surface area contributed by atoms with Gasteiger partial charge < -0.3 is 42.1 Å². The number of carbonyl (C=O) groups excluding carboxylic acids is 2. The normalized spacial score (nSPS) is 13.3. The molecule has 182 valence electrons. The van der Waals surface area contributed by atoms with E-state index in [1.54, 1.807) is 0 Å². The molecule has 0 heterocycles. The van der Waals surface area contributed by atoms with Crippen molar-refractivity contribution in [1.29, 1.82) is 0 Å². The molecular formula is C18H30N4O10. The molecule has 0 spiro atoms. The molecular weight excluding hydrogens is 432 g/mol. The number of carbonyl (C=O) groups is 6. The summed E-state index contributed by atoms with van der Waals surface area (Å²) in [6, 6.07) is -4.87. The fourth-order valence-electron chi connectivity index (χ4n) is 2.54. The number of hydrogen-bond acceptors (Lipinski definition) is 7. The first-order valence-electron chi connectivity index (χ1n) is 9.93. The molecule has 0 bridgehead atoms. The summed E-state index contributed by atoms with van der Waals surface area (Å²) in [7, 11) is 0. The quantitative estimate of drug-likeness (QED) is 0.121. The van der Waals surface area contributed by atoms with Gasteiger partial charge in [-0.3, -0.25) is 14.4 Å². The average Bonchev–Trinajstić information content (AvgIpc) is 2.69. The molecule has 0 aromatic carbocycles. The van der Waals surface area contributed by atoms with Gasteiger partial charge in [0.25, 0.3) is 0 Å². The van der Waals surface area contributed by atoms with Crippen molar-refractivity contribution in [2.24, 2.45) is 5.73 Å². The molecule has 32 heavy (non-hydrogen) atoms. The lowest BCUT2D eigenvalue weighted by molar-refractivity contribution is -0.141. The molecule has 0 aliphatic heterocycles. The second kappa shape index (κ2) is 15.4. The Labute approximate surface area is 183 Å². The first-order valence-corrected chi connectivity index (χ1v) is 9.93. The van der Waals surface area contributed by atoms with Gasteiger partial charge in [0.1, 0.15) is 18.1 Å². The summed E-state index contributed by atoms with van der Waals surface area (Å²) in [6.45, 7) is 0.249. The lowest BCUT2D eigenvalue weighted by atomic mass is 10.1. The standard InChI is InChI=1S/C18H30N4O10/c19-10(15(26)27)4-3-6-13(23)20-9-2-1-5-11(16(28)29)21-18(32)22-12(17(30)31)7-8-14(24)25/h10-12H,1-9,19H2,(H,20,23)(H,24,25)(H,26,27)(H,28,29)(H,30,31)(H2,21,22,32)/t10?,11-,12?/m0/s1. The van der Waals surface area contributed by atoms with Crippen LogP contribution in [-0.4, -0.2) is 80.9 Å². The van der Waals surface area contributed by atoms with Crippen molar-refractivity contribution in [3.8, 4) is 0 Å². The van der Waals surface area contributed by atoms with Crippen LogP contribution in [0.25, 0.3) is 0 Å². The Morgan fingerprint density at radius 2 is 1.25 bits per heavy atom. The maximum atomic E-state index is 11.9. The van der Waals surface area contributed by atoms with E-state index in [1.807, 2.05) is 5.32 Å². The van der Waals surface area contributed by atoms with Crippen molar-refractivity contribution in [3.05, 3.63) is 0 Å². The number of nitrogens with two attached hydrogens (primary N) is 1. The van der Waals surface area contributed by atoms with Crippen LogP contribution in [0.1, 0.15) is 51.4 Å². The van der Waals surface area contributed by atoms with Crippen LogP contribution < -0.4 is 21.7 Å². The van der Waals surface area contributed by atoms with Gasteiger partial charge in [0.15, 0.2) is 0 Å². The molecule has 2 unspecified atom stereocenters. The van der Waals surface area contributed by atoms with E-state index in [2.05, 4.69) is 10.6 Å². The van der Waals surface area contributed by atoms with Crippen molar-refractivity contribution in [1.82, 2.24) is 16.0 Å². The first-order chi connectivity index (χ1) is 14.9. The van der Waals surface area contributed by atoms with Gasteiger partial charge in [-0.05, 0) is 38.5 Å². The lowest BCUT2D eigenvalue weighted by Gasteiger charge is -2.18. The van der Waals surface area contributed by atoms with E-state index in [0.717, 1.165) is 0 Å². The zero-order valence-electron chi connectivity index (χ0n) is 17.4. The van der Waals surface area contributed by atoms with Crippen LogP contribution in [0.4, 0.5) is 4.79 Å². The van der Waals surface area contributed by atoms with Crippen LogP contribution in [0.5, 0.6) is 0 Å². The van der Waals surface area contributed by atoms with E-state index in [-0.39, 0.29) is 38.1 Å². The van der Waals surface area contributed by atoms with E-state index in [0.29, 0.717) is 19.3 Å². The Morgan fingerprint density at radius 1 is 0.688 bits per heavy atom. The van der Waals surface area contributed by atoms with Crippen LogP contribution in [0.15, 0.2) is 0 Å². The summed E-state index contributed by atoms with van der Waals surface area (Å²) in [5, 5.41) is 42.2. The second-order valence-corrected chi connectivity index (χ2v) is 7.01. The van der Waals surface area contributed by atoms with Crippen molar-refractivity contribution >= 4 is 35.8 Å². The molecule has 0 aliphatic rings. The predicted octanol–water partition coefficient (Wildman–Crippen LogP) is -1.07. The van der Waals surface area contributed by atoms with Gasteiger partial charge in [0, 0.05) is 19.4 Å². The minimum Gasteiger partial charge on any atom is -0.481 e. The Balaban J connectivity index is 4.26. The minimum absolute atomic E-state index is 0.0129. The van der Waals surface area contributed by atoms with Crippen LogP contribution in [-0.2, 0) is 24.0 Å². The smallest absolute Gasteiger partial charge is 0.326 e. The van der Waals surface area contributed by atoms with Gasteiger partial charge in [-0.15, -0.1) is 0 Å². The minimum atomic E-state index is -1.49. The maximum Gasteiger partial charge on any atom is 0.326 e. The first kappa shape index (κ1) is 28.6. The Kier molecular flexibility index (Phi) is 13.7. The van der Waals surface area contributed by atoms with Crippen LogP contribution in [0.2, 0.25) is 0 Å². The van der Waals surface area contributed by atoms with Crippen LogP contribution in [0.3, 0.4) is 0 Å². The molecule has 14 nitrogen and oxygen atoms in total. The van der Waals surface area contributed by atoms with Gasteiger partial charge >= 0.3 is 29.9 Å². The van der Waals surface area contributed by atoms with E-state index in [4.69, 9.17) is 21.1 Å². The average molecular weight is 462 g/mol. The van der Waals surface area contributed by atoms with Crippen molar-refractivity contribution < 1.29 is 49.2 Å². The van der Waals surface area contributed by atoms with Gasteiger partial charge in [-0.2, -0.15) is 0 Å². The fraction of sp³-hybridized carbons (Fsp3) is 0.667. The molecule has 3 atom stereocenters. The van der Waals surface area contributed by atoms with Crippen LogP contribution in [0, 0.1) is 0 Å². The van der Waals surface area contributed by atoms with Gasteiger partial charge in [-0.25, -0.2) is 14.4 Å². The summed E-state index contributed by atoms with van der Waals surface area (Å²) in [5.41, 5.74) is 5.33. The Hall–Kier alpha value is -3.42. The van der Waals surface area contributed by atoms with Gasteiger partial charge in [-0.1, -0.05) is 0 Å². The third kappa shape index (κ3) is 13.7. The molecule has 0 saturated heterocycles. The summed E-state index contributed by atoms with van der Waals surface area (Å²) in [5.74, 6) is -5.46. The Morgan fingerprint density at radius 3 is 1.75 bits per heavy atom.